The summed E-state index contributed by atoms with van der Waals surface area (Å²) in [7, 11) is -0.905. The summed E-state index contributed by atoms with van der Waals surface area (Å²) in [6.45, 7) is 7.03. The van der Waals surface area contributed by atoms with Crippen LogP contribution in [0.1, 0.15) is 16.8 Å². The van der Waals surface area contributed by atoms with Gasteiger partial charge in [0.05, 0.1) is 0 Å². The molecule has 1 aliphatic rings. The van der Waals surface area contributed by atoms with Crippen LogP contribution < -0.4 is 0 Å². The zero-order chi connectivity index (χ0) is 13.9. The lowest BCUT2D eigenvalue weighted by atomic mass is 10.0. The zero-order valence-corrected chi connectivity index (χ0v) is 13.4. The molecule has 0 amide bonds. The van der Waals surface area contributed by atoms with Gasteiger partial charge in [-0.1, -0.05) is 49.0 Å². The van der Waals surface area contributed by atoms with Gasteiger partial charge in [0.25, 0.3) is 0 Å². The van der Waals surface area contributed by atoms with Crippen molar-refractivity contribution in [1.29, 1.82) is 0 Å². The average molecular weight is 277 g/mol. The van der Waals surface area contributed by atoms with Crippen LogP contribution in [0.5, 0.6) is 0 Å². The molecule has 2 aromatic carbocycles. The number of fused-ring (bicyclic) bond motifs is 5. The molecule has 0 fully saturated rings. The Kier molecular flexibility index (Phi) is 2.45. The number of rotatable bonds is 1. The first-order valence-electron chi connectivity index (χ1n) is 7.38. The summed E-state index contributed by atoms with van der Waals surface area (Å²) in [6.07, 6.45) is 1.10. The monoisotopic (exact) mass is 277 g/mol. The largest absolute Gasteiger partial charge is 0.374 e. The summed E-state index contributed by atoms with van der Waals surface area (Å²) in [5.41, 5.74) is 8.79. The fourth-order valence-corrected chi connectivity index (χ4v) is 5.27. The lowest BCUT2D eigenvalue weighted by Crippen LogP contribution is -2.17. The summed E-state index contributed by atoms with van der Waals surface area (Å²) in [4.78, 5) is 0. The molecular weight excluding hydrogens is 258 g/mol. The van der Waals surface area contributed by atoms with Crippen LogP contribution >= 0.6 is 0 Å². The third-order valence-electron chi connectivity index (χ3n) is 4.42. The highest BCUT2D eigenvalue weighted by atomic mass is 28.3. The highest BCUT2D eigenvalue weighted by Crippen LogP contribution is 2.43. The molecule has 100 valence electrons. The number of aryl methyl sites for hydroxylation is 1. The minimum absolute atomic E-state index is 0.905. The normalized spacial score (nSPS) is 13.0. The van der Waals surface area contributed by atoms with E-state index in [4.69, 9.17) is 0 Å². The number of nitrogens with zero attached hydrogens (tertiary/aromatic N) is 1. The number of hydrogen-bond acceptors (Lipinski definition) is 0. The van der Waals surface area contributed by atoms with E-state index in [-0.39, 0.29) is 0 Å². The molecule has 1 aromatic heterocycles. The Morgan fingerprint density at radius 3 is 2.65 bits per heavy atom. The molecule has 2 heteroatoms. The fraction of sp³-hybridized carbons (Fsp3) is 0.222. The standard InChI is InChI=1S/C18H19NSi/c1-12-8-9-16-15(10-12)18-14-7-5-4-6-13(14)11-17(18)19(16)20(2)3/h4-10,20H,11H2,1-3H3. The zero-order valence-electron chi connectivity index (χ0n) is 12.3. The molecule has 0 bridgehead atoms. The van der Waals surface area contributed by atoms with E-state index >= 15 is 0 Å². The lowest BCUT2D eigenvalue weighted by molar-refractivity contribution is 1.08. The fourth-order valence-electron chi connectivity index (χ4n) is 3.64. The first kappa shape index (κ1) is 12.0. The maximum Gasteiger partial charge on any atom is 0.140 e. The van der Waals surface area contributed by atoms with Gasteiger partial charge >= 0.3 is 0 Å². The van der Waals surface area contributed by atoms with Gasteiger partial charge in [-0.25, -0.2) is 0 Å². The molecule has 0 saturated heterocycles. The molecule has 0 spiro atoms. The second kappa shape index (κ2) is 4.09. The van der Waals surface area contributed by atoms with Crippen LogP contribution in [0.4, 0.5) is 0 Å². The van der Waals surface area contributed by atoms with Gasteiger partial charge in [-0.3, -0.25) is 0 Å². The summed E-state index contributed by atoms with van der Waals surface area (Å²) >= 11 is 0. The van der Waals surface area contributed by atoms with Crippen LogP contribution in [0.3, 0.4) is 0 Å². The van der Waals surface area contributed by atoms with Crippen LogP contribution in [0, 0.1) is 6.92 Å². The molecule has 0 unspecified atom stereocenters. The Bertz CT molecular complexity index is 827. The molecule has 4 rings (SSSR count). The van der Waals surface area contributed by atoms with Crippen molar-refractivity contribution in [2.45, 2.75) is 26.4 Å². The van der Waals surface area contributed by atoms with Crippen LogP contribution in [0.25, 0.3) is 22.0 Å². The molecule has 0 saturated carbocycles. The summed E-state index contributed by atoms with van der Waals surface area (Å²) in [5.74, 6) is 0. The molecule has 1 aliphatic carbocycles. The highest BCUT2D eigenvalue weighted by Gasteiger charge is 2.26. The van der Waals surface area contributed by atoms with Gasteiger partial charge in [-0.05, 0) is 30.2 Å². The number of aromatic nitrogens is 1. The van der Waals surface area contributed by atoms with Crippen LogP contribution in [0.2, 0.25) is 13.1 Å². The maximum absolute atomic E-state index is 2.66. The summed E-state index contributed by atoms with van der Waals surface area (Å²) in [5, 5.41) is 1.45. The first-order chi connectivity index (χ1) is 9.66. The van der Waals surface area contributed by atoms with Crippen molar-refractivity contribution >= 4 is 19.9 Å². The molecule has 0 atom stereocenters. The molecule has 20 heavy (non-hydrogen) atoms. The van der Waals surface area contributed by atoms with Gasteiger partial charge in [0.2, 0.25) is 0 Å². The van der Waals surface area contributed by atoms with Crippen molar-refractivity contribution in [3.63, 3.8) is 0 Å². The molecular formula is C18H19NSi. The number of benzene rings is 2. The van der Waals surface area contributed by atoms with E-state index in [9.17, 15) is 0 Å². The van der Waals surface area contributed by atoms with Crippen LogP contribution in [-0.4, -0.2) is 13.2 Å². The van der Waals surface area contributed by atoms with E-state index in [1.165, 1.54) is 33.2 Å². The Balaban J connectivity index is 2.16. The molecule has 0 aliphatic heterocycles. The maximum atomic E-state index is 2.66. The van der Waals surface area contributed by atoms with E-state index in [1.807, 2.05) is 0 Å². The quantitative estimate of drug-likeness (QED) is 0.456. The summed E-state index contributed by atoms with van der Waals surface area (Å²) in [6, 6.07) is 15.8. The molecule has 1 heterocycles. The second-order valence-corrected chi connectivity index (χ2v) is 8.84. The third kappa shape index (κ3) is 1.48. The van der Waals surface area contributed by atoms with Crippen molar-refractivity contribution < 1.29 is 0 Å². The Morgan fingerprint density at radius 1 is 1.05 bits per heavy atom. The number of hydrogen-bond donors (Lipinski definition) is 0. The molecule has 3 aromatic rings. The second-order valence-electron chi connectivity index (χ2n) is 6.14. The van der Waals surface area contributed by atoms with Gasteiger partial charge in [-0.2, -0.15) is 0 Å². The smallest absolute Gasteiger partial charge is 0.140 e. The Labute approximate surface area is 121 Å². The van der Waals surface area contributed by atoms with E-state index in [0.717, 1.165) is 6.42 Å². The van der Waals surface area contributed by atoms with Crippen LogP contribution in [0.15, 0.2) is 42.5 Å². The first-order valence-corrected chi connectivity index (χ1v) is 10.2. The minimum atomic E-state index is -0.905. The predicted molar refractivity (Wildman–Crippen MR) is 89.2 cm³/mol. The molecule has 0 radical (unpaired) electrons. The average Bonchev–Trinajstić information content (AvgIpc) is 2.92. The van der Waals surface area contributed by atoms with Gasteiger partial charge in [0.1, 0.15) is 8.96 Å². The van der Waals surface area contributed by atoms with Crippen LogP contribution in [-0.2, 0) is 6.42 Å². The van der Waals surface area contributed by atoms with Crippen molar-refractivity contribution in [1.82, 2.24) is 4.23 Å². The van der Waals surface area contributed by atoms with Gasteiger partial charge in [0, 0.05) is 28.6 Å². The molecule has 0 N–H and O–H groups in total. The van der Waals surface area contributed by atoms with E-state index in [2.05, 4.69) is 66.7 Å². The molecule has 1 nitrogen and oxygen atoms in total. The van der Waals surface area contributed by atoms with E-state index < -0.39 is 8.96 Å². The SMILES string of the molecule is Cc1ccc2c(c1)c1c(n2[SiH](C)C)Cc2ccccc2-1. The lowest BCUT2D eigenvalue weighted by Gasteiger charge is -2.12. The predicted octanol–water partition coefficient (Wildman–Crippen LogP) is 4.35. The summed E-state index contributed by atoms with van der Waals surface area (Å²) < 4.78 is 2.66. The van der Waals surface area contributed by atoms with Gasteiger partial charge in [0.15, 0.2) is 0 Å². The minimum Gasteiger partial charge on any atom is -0.374 e. The van der Waals surface area contributed by atoms with E-state index in [1.54, 1.807) is 5.69 Å². The highest BCUT2D eigenvalue weighted by molar-refractivity contribution is 6.55. The Hall–Kier alpha value is -1.80. The van der Waals surface area contributed by atoms with Crippen molar-refractivity contribution in [3.8, 4) is 11.1 Å². The Morgan fingerprint density at radius 2 is 1.85 bits per heavy atom. The topological polar surface area (TPSA) is 4.93 Å². The van der Waals surface area contributed by atoms with Crippen molar-refractivity contribution in [2.24, 2.45) is 0 Å². The van der Waals surface area contributed by atoms with Crippen molar-refractivity contribution in [2.75, 3.05) is 0 Å². The van der Waals surface area contributed by atoms with E-state index in [0.29, 0.717) is 0 Å². The van der Waals surface area contributed by atoms with Gasteiger partial charge < -0.3 is 4.23 Å². The third-order valence-corrected chi connectivity index (χ3v) is 6.04. The van der Waals surface area contributed by atoms with Crippen molar-refractivity contribution in [3.05, 3.63) is 59.3 Å². The van der Waals surface area contributed by atoms with Gasteiger partial charge in [-0.15, -0.1) is 0 Å².